The predicted octanol–water partition coefficient (Wildman–Crippen LogP) is 1.61. The van der Waals surface area contributed by atoms with Gasteiger partial charge in [0.25, 0.3) is 0 Å². The first-order chi connectivity index (χ1) is 11.9. The lowest BCUT2D eigenvalue weighted by molar-refractivity contribution is -0.116. The van der Waals surface area contributed by atoms with Crippen molar-refractivity contribution < 1.29 is 13.2 Å². The van der Waals surface area contributed by atoms with E-state index in [4.69, 9.17) is 0 Å². The Hall–Kier alpha value is -1.44. The van der Waals surface area contributed by atoms with Gasteiger partial charge in [0.05, 0.1) is 4.90 Å². The van der Waals surface area contributed by atoms with Crippen molar-refractivity contribution >= 4 is 21.6 Å². The lowest BCUT2D eigenvalue weighted by Crippen LogP contribution is -2.40. The molecule has 0 saturated carbocycles. The van der Waals surface area contributed by atoms with E-state index in [0.29, 0.717) is 30.4 Å². The summed E-state index contributed by atoms with van der Waals surface area (Å²) in [6.07, 6.45) is 2.55. The SMILES string of the molecule is CCNCC1CCN(S(=O)(=O)c2ccc3c(c2)N(C(C)=O)CC3)CC1. The first-order valence-corrected chi connectivity index (χ1v) is 10.5. The predicted molar refractivity (Wildman–Crippen MR) is 98.2 cm³/mol. The van der Waals surface area contributed by atoms with Crippen LogP contribution in [-0.2, 0) is 21.2 Å². The Labute approximate surface area is 150 Å². The van der Waals surface area contributed by atoms with Crippen molar-refractivity contribution in [1.29, 1.82) is 0 Å². The molecule has 0 radical (unpaired) electrons. The summed E-state index contributed by atoms with van der Waals surface area (Å²) >= 11 is 0. The van der Waals surface area contributed by atoms with Crippen LogP contribution >= 0.6 is 0 Å². The van der Waals surface area contributed by atoms with Crippen molar-refractivity contribution in [2.24, 2.45) is 5.92 Å². The zero-order chi connectivity index (χ0) is 18.0. The first-order valence-electron chi connectivity index (χ1n) is 9.05. The van der Waals surface area contributed by atoms with Gasteiger partial charge in [0, 0.05) is 32.2 Å². The second kappa shape index (κ2) is 7.43. The summed E-state index contributed by atoms with van der Waals surface area (Å²) in [7, 11) is -3.50. The van der Waals surface area contributed by atoms with Gasteiger partial charge in [-0.25, -0.2) is 8.42 Å². The Balaban J connectivity index is 1.76. The highest BCUT2D eigenvalue weighted by Gasteiger charge is 2.31. The van der Waals surface area contributed by atoms with Crippen molar-refractivity contribution in [3.63, 3.8) is 0 Å². The van der Waals surface area contributed by atoms with Crippen LogP contribution in [0, 0.1) is 5.92 Å². The Bertz CT molecular complexity index is 740. The largest absolute Gasteiger partial charge is 0.317 e. The molecule has 1 aromatic carbocycles. The molecule has 1 saturated heterocycles. The fraction of sp³-hybridized carbons (Fsp3) is 0.611. The molecule has 0 aliphatic carbocycles. The van der Waals surface area contributed by atoms with Crippen LogP contribution in [0.1, 0.15) is 32.3 Å². The van der Waals surface area contributed by atoms with E-state index in [1.165, 1.54) is 6.92 Å². The Kier molecular flexibility index (Phi) is 5.46. The van der Waals surface area contributed by atoms with E-state index < -0.39 is 10.0 Å². The van der Waals surface area contributed by atoms with Crippen LogP contribution < -0.4 is 10.2 Å². The van der Waals surface area contributed by atoms with Gasteiger partial charge < -0.3 is 10.2 Å². The summed E-state index contributed by atoms with van der Waals surface area (Å²) in [5.74, 6) is 0.497. The summed E-state index contributed by atoms with van der Waals surface area (Å²) in [4.78, 5) is 13.7. The van der Waals surface area contributed by atoms with Gasteiger partial charge in [0.2, 0.25) is 15.9 Å². The molecule has 2 heterocycles. The number of hydrogen-bond donors (Lipinski definition) is 1. The number of fused-ring (bicyclic) bond motifs is 1. The van der Waals surface area contributed by atoms with Crippen molar-refractivity contribution in [3.8, 4) is 0 Å². The Morgan fingerprint density at radius 1 is 1.24 bits per heavy atom. The summed E-state index contributed by atoms with van der Waals surface area (Å²) < 4.78 is 27.6. The molecule has 6 nitrogen and oxygen atoms in total. The number of amides is 1. The molecule has 2 aliphatic rings. The quantitative estimate of drug-likeness (QED) is 0.861. The second-order valence-electron chi connectivity index (χ2n) is 6.87. The van der Waals surface area contributed by atoms with Gasteiger partial charge in [0.1, 0.15) is 0 Å². The molecule has 0 spiro atoms. The van der Waals surface area contributed by atoms with Crippen LogP contribution in [0.3, 0.4) is 0 Å². The van der Waals surface area contributed by atoms with E-state index >= 15 is 0 Å². The van der Waals surface area contributed by atoms with Gasteiger partial charge in [-0.3, -0.25) is 4.79 Å². The molecule has 3 rings (SSSR count). The highest BCUT2D eigenvalue weighted by atomic mass is 32.2. The average Bonchev–Trinajstić information content (AvgIpc) is 3.03. The van der Waals surface area contributed by atoms with Crippen LogP contribution in [0.15, 0.2) is 23.1 Å². The zero-order valence-corrected chi connectivity index (χ0v) is 15.8. The number of piperidine rings is 1. The molecule has 1 N–H and O–H groups in total. The molecule has 0 unspecified atom stereocenters. The third-order valence-electron chi connectivity index (χ3n) is 5.23. The maximum absolute atomic E-state index is 13.0. The minimum atomic E-state index is -3.50. The third-order valence-corrected chi connectivity index (χ3v) is 7.12. The summed E-state index contributed by atoms with van der Waals surface area (Å²) in [6, 6.07) is 5.20. The fourth-order valence-corrected chi connectivity index (χ4v) is 5.19. The average molecular weight is 365 g/mol. The summed E-state index contributed by atoms with van der Waals surface area (Å²) in [5.41, 5.74) is 1.79. The number of sulfonamides is 1. The Morgan fingerprint density at radius 3 is 2.60 bits per heavy atom. The lowest BCUT2D eigenvalue weighted by atomic mass is 9.98. The van der Waals surface area contributed by atoms with Crippen LogP contribution in [0.4, 0.5) is 5.69 Å². The number of nitrogens with zero attached hydrogens (tertiary/aromatic N) is 2. The minimum Gasteiger partial charge on any atom is -0.317 e. The van der Waals surface area contributed by atoms with Crippen LogP contribution in [0.5, 0.6) is 0 Å². The van der Waals surface area contributed by atoms with Crippen LogP contribution in [0.25, 0.3) is 0 Å². The molecular formula is C18H27N3O3S. The monoisotopic (exact) mass is 365 g/mol. The molecule has 138 valence electrons. The molecule has 1 aromatic rings. The maximum atomic E-state index is 13.0. The van der Waals surface area contributed by atoms with Crippen LogP contribution in [0.2, 0.25) is 0 Å². The number of carbonyl (C=O) groups excluding carboxylic acids is 1. The molecule has 0 bridgehead atoms. The van der Waals surface area contributed by atoms with Gasteiger partial charge in [-0.15, -0.1) is 0 Å². The van der Waals surface area contributed by atoms with Crippen LogP contribution in [-0.4, -0.2) is 51.4 Å². The number of carbonyl (C=O) groups is 1. The lowest BCUT2D eigenvalue weighted by Gasteiger charge is -2.31. The number of benzene rings is 1. The van der Waals surface area contributed by atoms with Crippen molar-refractivity contribution in [2.75, 3.05) is 37.6 Å². The highest BCUT2D eigenvalue weighted by Crippen LogP contribution is 2.32. The smallest absolute Gasteiger partial charge is 0.243 e. The van der Waals surface area contributed by atoms with Gasteiger partial charge in [-0.1, -0.05) is 13.0 Å². The van der Waals surface area contributed by atoms with E-state index in [2.05, 4.69) is 12.2 Å². The molecule has 0 atom stereocenters. The minimum absolute atomic E-state index is 0.0439. The number of rotatable bonds is 5. The Morgan fingerprint density at radius 2 is 1.96 bits per heavy atom. The van der Waals surface area contributed by atoms with E-state index in [0.717, 1.165) is 43.6 Å². The van der Waals surface area contributed by atoms with E-state index in [1.54, 1.807) is 21.3 Å². The highest BCUT2D eigenvalue weighted by molar-refractivity contribution is 7.89. The van der Waals surface area contributed by atoms with E-state index in [9.17, 15) is 13.2 Å². The zero-order valence-electron chi connectivity index (χ0n) is 15.0. The van der Waals surface area contributed by atoms with Gasteiger partial charge >= 0.3 is 0 Å². The van der Waals surface area contributed by atoms with Crippen molar-refractivity contribution in [1.82, 2.24) is 9.62 Å². The van der Waals surface area contributed by atoms with E-state index in [1.807, 2.05) is 6.07 Å². The fourth-order valence-electron chi connectivity index (χ4n) is 3.70. The van der Waals surface area contributed by atoms with Gasteiger partial charge in [-0.2, -0.15) is 4.31 Å². The molecular weight excluding hydrogens is 338 g/mol. The normalized spacial score (nSPS) is 19.2. The summed E-state index contributed by atoms with van der Waals surface area (Å²) in [5, 5.41) is 3.34. The molecule has 7 heteroatoms. The second-order valence-corrected chi connectivity index (χ2v) is 8.80. The number of anilines is 1. The molecule has 0 aromatic heterocycles. The topological polar surface area (TPSA) is 69.7 Å². The van der Waals surface area contributed by atoms with E-state index in [-0.39, 0.29) is 5.91 Å². The maximum Gasteiger partial charge on any atom is 0.243 e. The van der Waals surface area contributed by atoms with Gasteiger partial charge in [-0.05, 0) is 56.0 Å². The van der Waals surface area contributed by atoms with Crippen molar-refractivity contribution in [2.45, 2.75) is 38.0 Å². The molecule has 25 heavy (non-hydrogen) atoms. The number of nitrogens with one attached hydrogen (secondary N) is 1. The molecule has 1 fully saturated rings. The number of hydrogen-bond acceptors (Lipinski definition) is 4. The van der Waals surface area contributed by atoms with Crippen molar-refractivity contribution in [3.05, 3.63) is 23.8 Å². The molecule has 2 aliphatic heterocycles. The standard InChI is InChI=1S/C18H27N3O3S/c1-3-19-13-15-6-9-20(10-7-15)25(23,24)17-5-4-16-8-11-21(14(2)22)18(16)12-17/h4-5,12,15,19H,3,6-11,13H2,1-2H3. The molecule has 1 amide bonds. The first kappa shape index (κ1) is 18.4. The summed E-state index contributed by atoms with van der Waals surface area (Å²) in [6.45, 7) is 7.25. The van der Waals surface area contributed by atoms with Gasteiger partial charge in [0.15, 0.2) is 0 Å². The third kappa shape index (κ3) is 3.73.